The number of likely N-dealkylation sites (N-methyl/N-ethyl adjacent to an activating group) is 2. The molecule has 1 aliphatic rings. The fourth-order valence-corrected chi connectivity index (χ4v) is 3.49. The number of carboxylic acid groups (broad SMARTS) is 1. The Morgan fingerprint density at radius 2 is 1.81 bits per heavy atom. The van der Waals surface area contributed by atoms with E-state index in [4.69, 9.17) is 38.4 Å². The Morgan fingerprint density at radius 3 is 2.41 bits per heavy atom. The average Bonchev–Trinajstić information content (AvgIpc) is 2.78. The number of carboxylic acids is 1. The van der Waals surface area contributed by atoms with Gasteiger partial charge in [0.05, 0.1) is 17.7 Å². The molecule has 0 aliphatic carbocycles. The number of halogens is 1. The largest absolute Gasteiger partial charge is 0.493 e. The molecule has 1 aliphatic heterocycles. The maximum absolute atomic E-state index is 12.5. The summed E-state index contributed by atoms with van der Waals surface area (Å²) in [7, 11) is 4.41. The summed E-state index contributed by atoms with van der Waals surface area (Å²) in [4.78, 5) is 38.6. The van der Waals surface area contributed by atoms with E-state index in [1.165, 1.54) is 55.3 Å². The van der Waals surface area contributed by atoms with Crippen molar-refractivity contribution in [2.75, 3.05) is 21.2 Å². The van der Waals surface area contributed by atoms with E-state index in [9.17, 15) is 14.4 Å². The number of methoxy groups -OCH3 is 1. The summed E-state index contributed by atoms with van der Waals surface area (Å²) in [5, 5.41) is 9.43. The summed E-state index contributed by atoms with van der Waals surface area (Å²) in [6.07, 6.45) is 1.41. The van der Waals surface area contributed by atoms with Gasteiger partial charge in [-0.15, -0.1) is 0 Å². The van der Waals surface area contributed by atoms with Crippen molar-refractivity contribution in [3.63, 3.8) is 0 Å². The number of rotatable bonds is 6. The van der Waals surface area contributed by atoms with Crippen molar-refractivity contribution in [3.8, 4) is 11.5 Å². The third-order valence-corrected chi connectivity index (χ3v) is 5.59. The summed E-state index contributed by atoms with van der Waals surface area (Å²) in [6, 6.07) is 9.44. The molecule has 0 spiro atoms. The van der Waals surface area contributed by atoms with E-state index in [1.807, 2.05) is 0 Å². The maximum atomic E-state index is 12.5. The number of nitrogens with zero attached hydrogens (tertiary/aromatic N) is 2. The van der Waals surface area contributed by atoms with Crippen LogP contribution in [0.4, 0.5) is 0 Å². The molecule has 166 valence electrons. The van der Waals surface area contributed by atoms with Gasteiger partial charge in [-0.1, -0.05) is 23.7 Å². The van der Waals surface area contributed by atoms with Crippen LogP contribution in [0.15, 0.2) is 42.0 Å². The van der Waals surface area contributed by atoms with Crippen molar-refractivity contribution in [3.05, 3.63) is 63.7 Å². The number of hydrogen-bond donors (Lipinski definition) is 1. The van der Waals surface area contributed by atoms with Gasteiger partial charge in [0.25, 0.3) is 11.8 Å². The zero-order chi connectivity index (χ0) is 23.6. The average molecular weight is 475 g/mol. The Labute approximate surface area is 194 Å². The highest BCUT2D eigenvalue weighted by Crippen LogP contribution is 2.38. The number of benzene rings is 2. The molecule has 3 rings (SSSR count). The van der Waals surface area contributed by atoms with E-state index < -0.39 is 17.8 Å². The summed E-state index contributed by atoms with van der Waals surface area (Å²) in [6.45, 7) is 0.0572. The third kappa shape index (κ3) is 4.58. The highest BCUT2D eigenvalue weighted by molar-refractivity contribution is 7.80. The van der Waals surface area contributed by atoms with E-state index in [1.54, 1.807) is 18.2 Å². The highest BCUT2D eigenvalue weighted by atomic mass is 35.5. The van der Waals surface area contributed by atoms with Gasteiger partial charge in [-0.25, -0.2) is 4.79 Å². The van der Waals surface area contributed by atoms with Crippen LogP contribution in [-0.4, -0.2) is 59.0 Å². The van der Waals surface area contributed by atoms with Crippen molar-refractivity contribution in [1.82, 2.24) is 9.80 Å². The molecule has 1 N–H and O–H groups in total. The van der Waals surface area contributed by atoms with Crippen molar-refractivity contribution in [2.45, 2.75) is 6.61 Å². The predicted molar refractivity (Wildman–Crippen MR) is 122 cm³/mol. The van der Waals surface area contributed by atoms with Gasteiger partial charge in [-0.2, -0.15) is 0 Å². The Morgan fingerprint density at radius 1 is 1.16 bits per heavy atom. The molecule has 2 amide bonds. The lowest BCUT2D eigenvalue weighted by molar-refractivity contribution is -0.132. The summed E-state index contributed by atoms with van der Waals surface area (Å²) in [5.41, 5.74) is 1.16. The SMILES string of the molecule is COc1cc(C=C2C(=O)N(C)C(=S)N(C)C2=O)cc(Cl)c1OCc1cccc(C(=O)O)c1. The molecule has 2 aromatic rings. The number of thiocarbonyl (C=S) groups is 1. The second kappa shape index (κ2) is 9.37. The molecule has 0 radical (unpaired) electrons. The van der Waals surface area contributed by atoms with E-state index in [-0.39, 0.29) is 39.4 Å². The van der Waals surface area contributed by atoms with Crippen LogP contribution >= 0.6 is 23.8 Å². The van der Waals surface area contributed by atoms with Crippen LogP contribution in [0.5, 0.6) is 11.5 Å². The van der Waals surface area contributed by atoms with Crippen LogP contribution in [0.1, 0.15) is 21.5 Å². The number of carbonyl (C=O) groups excluding carboxylic acids is 2. The maximum Gasteiger partial charge on any atom is 0.335 e. The topological polar surface area (TPSA) is 96.4 Å². The van der Waals surface area contributed by atoms with Crippen LogP contribution in [0.3, 0.4) is 0 Å². The zero-order valence-corrected chi connectivity index (χ0v) is 19.0. The van der Waals surface area contributed by atoms with Crippen molar-refractivity contribution >= 4 is 52.8 Å². The molecule has 1 fully saturated rings. The van der Waals surface area contributed by atoms with E-state index in [2.05, 4.69) is 0 Å². The molecule has 8 nitrogen and oxygen atoms in total. The molecule has 10 heteroatoms. The minimum absolute atomic E-state index is 0.0572. The Balaban J connectivity index is 1.90. The molecule has 0 bridgehead atoms. The second-order valence-electron chi connectivity index (χ2n) is 6.90. The van der Waals surface area contributed by atoms with Gasteiger partial charge in [0, 0.05) is 14.1 Å². The van der Waals surface area contributed by atoms with Crippen molar-refractivity contribution in [2.24, 2.45) is 0 Å². The smallest absolute Gasteiger partial charge is 0.335 e. The fraction of sp³-hybridized carbons (Fsp3) is 0.182. The Kier molecular flexibility index (Phi) is 6.81. The normalized spacial score (nSPS) is 14.0. The quantitative estimate of drug-likeness (QED) is 0.390. The number of carbonyl (C=O) groups is 3. The van der Waals surface area contributed by atoms with Gasteiger partial charge in [-0.3, -0.25) is 19.4 Å². The molecule has 0 aromatic heterocycles. The van der Waals surface area contributed by atoms with Crippen LogP contribution in [-0.2, 0) is 16.2 Å². The minimum atomic E-state index is -1.04. The van der Waals surface area contributed by atoms with Crippen molar-refractivity contribution < 1.29 is 29.0 Å². The first-order valence-electron chi connectivity index (χ1n) is 9.28. The van der Waals surface area contributed by atoms with Crippen LogP contribution < -0.4 is 9.47 Å². The number of amides is 2. The second-order valence-corrected chi connectivity index (χ2v) is 7.67. The van der Waals surface area contributed by atoms with E-state index >= 15 is 0 Å². The van der Waals surface area contributed by atoms with Crippen LogP contribution in [0, 0.1) is 0 Å². The van der Waals surface area contributed by atoms with Crippen LogP contribution in [0.25, 0.3) is 6.08 Å². The lowest BCUT2D eigenvalue weighted by Gasteiger charge is -2.31. The Bertz CT molecular complexity index is 1140. The van der Waals surface area contributed by atoms with Crippen LogP contribution in [0.2, 0.25) is 5.02 Å². The number of ether oxygens (including phenoxy) is 2. The summed E-state index contributed by atoms with van der Waals surface area (Å²) in [5.74, 6) is -1.55. The molecule has 0 unspecified atom stereocenters. The number of hydrogen-bond acceptors (Lipinski definition) is 6. The predicted octanol–water partition coefficient (Wildman–Crippen LogP) is 3.22. The summed E-state index contributed by atoms with van der Waals surface area (Å²) < 4.78 is 11.2. The standard InChI is InChI=1S/C22H19ClN2O6S/c1-24-19(26)15(20(27)25(2)22(24)32)8-13-9-16(23)18(17(10-13)30-3)31-11-12-5-4-6-14(7-12)21(28)29/h4-10H,11H2,1-3H3,(H,28,29). The number of aromatic carboxylic acids is 1. The highest BCUT2D eigenvalue weighted by Gasteiger charge is 2.35. The monoisotopic (exact) mass is 474 g/mol. The molecular weight excluding hydrogens is 456 g/mol. The fourth-order valence-electron chi connectivity index (χ4n) is 3.05. The molecule has 1 saturated heterocycles. The van der Waals surface area contributed by atoms with E-state index in [0.29, 0.717) is 11.1 Å². The molecule has 1 heterocycles. The van der Waals surface area contributed by atoms with Gasteiger partial charge < -0.3 is 14.6 Å². The first kappa shape index (κ1) is 23.2. The lowest BCUT2D eigenvalue weighted by atomic mass is 10.1. The van der Waals surface area contributed by atoms with Gasteiger partial charge >= 0.3 is 5.97 Å². The van der Waals surface area contributed by atoms with Gasteiger partial charge in [0.2, 0.25) is 0 Å². The van der Waals surface area contributed by atoms with Gasteiger partial charge in [0.15, 0.2) is 16.6 Å². The zero-order valence-electron chi connectivity index (χ0n) is 17.4. The summed E-state index contributed by atoms with van der Waals surface area (Å²) >= 11 is 11.5. The molecular formula is C22H19ClN2O6S. The third-order valence-electron chi connectivity index (χ3n) is 4.76. The Hall–Kier alpha value is -3.43. The molecule has 32 heavy (non-hydrogen) atoms. The first-order chi connectivity index (χ1) is 15.1. The molecule has 0 saturated carbocycles. The molecule has 0 atom stereocenters. The lowest BCUT2D eigenvalue weighted by Crippen LogP contribution is -2.52. The van der Waals surface area contributed by atoms with Gasteiger partial charge in [-0.05, 0) is 53.7 Å². The van der Waals surface area contributed by atoms with E-state index in [0.717, 1.165) is 0 Å². The minimum Gasteiger partial charge on any atom is -0.493 e. The first-order valence-corrected chi connectivity index (χ1v) is 10.1. The van der Waals surface area contributed by atoms with Crippen molar-refractivity contribution in [1.29, 1.82) is 0 Å². The van der Waals surface area contributed by atoms with Gasteiger partial charge in [0.1, 0.15) is 12.2 Å². The molecule has 2 aromatic carbocycles.